The summed E-state index contributed by atoms with van der Waals surface area (Å²) in [5.74, 6) is 1.95. The predicted molar refractivity (Wildman–Crippen MR) is 90.0 cm³/mol. The molecule has 0 spiro atoms. The van der Waals surface area contributed by atoms with Crippen LogP contribution >= 0.6 is 11.3 Å². The normalized spacial score (nSPS) is 31.1. The molecule has 2 fully saturated rings. The first-order valence-corrected chi connectivity index (χ1v) is 9.34. The summed E-state index contributed by atoms with van der Waals surface area (Å²) in [5.41, 5.74) is 0.520. The SMILES string of the molecule is CCc1ccc(CC2(CNCCOC)CC3CCC2C3)s1. The molecule has 0 saturated heterocycles. The van der Waals surface area contributed by atoms with Crippen molar-refractivity contribution in [3.05, 3.63) is 21.9 Å². The standard InChI is InChI=1S/C18H29NOS/c1-3-16-6-7-17(21-16)12-18(13-19-8-9-20-2)11-14-4-5-15(18)10-14/h6-7,14-15,19H,3-5,8-13H2,1-2H3. The van der Waals surface area contributed by atoms with Gasteiger partial charge in [0.25, 0.3) is 0 Å². The van der Waals surface area contributed by atoms with Crippen LogP contribution < -0.4 is 5.32 Å². The van der Waals surface area contributed by atoms with Crippen molar-refractivity contribution < 1.29 is 4.74 Å². The minimum Gasteiger partial charge on any atom is -0.383 e. The second kappa shape index (κ2) is 6.80. The summed E-state index contributed by atoms with van der Waals surface area (Å²) >= 11 is 2.04. The van der Waals surface area contributed by atoms with Gasteiger partial charge in [-0.1, -0.05) is 13.3 Å². The molecule has 1 aromatic heterocycles. The molecule has 0 aromatic carbocycles. The first kappa shape index (κ1) is 15.5. The molecule has 118 valence electrons. The lowest BCUT2D eigenvalue weighted by molar-refractivity contribution is 0.146. The van der Waals surface area contributed by atoms with Gasteiger partial charge in [0.15, 0.2) is 0 Å². The van der Waals surface area contributed by atoms with E-state index in [9.17, 15) is 0 Å². The maximum absolute atomic E-state index is 5.18. The molecule has 2 saturated carbocycles. The Hall–Kier alpha value is -0.380. The smallest absolute Gasteiger partial charge is 0.0587 e. The van der Waals surface area contributed by atoms with Gasteiger partial charge in [0, 0.05) is 30.0 Å². The molecule has 2 nitrogen and oxygen atoms in total. The van der Waals surface area contributed by atoms with E-state index in [1.807, 2.05) is 11.3 Å². The Kier molecular flexibility index (Phi) is 5.03. The summed E-state index contributed by atoms with van der Waals surface area (Å²) in [4.78, 5) is 3.14. The molecule has 2 aliphatic carbocycles. The van der Waals surface area contributed by atoms with E-state index in [1.54, 1.807) is 12.0 Å². The molecule has 3 heteroatoms. The van der Waals surface area contributed by atoms with Gasteiger partial charge in [0.2, 0.25) is 0 Å². The molecule has 21 heavy (non-hydrogen) atoms. The second-order valence-corrected chi connectivity index (χ2v) is 8.26. The molecule has 0 radical (unpaired) electrons. The third kappa shape index (κ3) is 3.35. The van der Waals surface area contributed by atoms with Gasteiger partial charge in [-0.25, -0.2) is 0 Å². The summed E-state index contributed by atoms with van der Waals surface area (Å²) in [6, 6.07) is 4.71. The van der Waals surface area contributed by atoms with Crippen molar-refractivity contribution in [1.29, 1.82) is 0 Å². The van der Waals surface area contributed by atoms with E-state index < -0.39 is 0 Å². The van der Waals surface area contributed by atoms with Crippen LogP contribution in [0.5, 0.6) is 0 Å². The highest BCUT2D eigenvalue weighted by Crippen LogP contribution is 2.57. The monoisotopic (exact) mass is 307 g/mol. The van der Waals surface area contributed by atoms with Gasteiger partial charge in [-0.3, -0.25) is 0 Å². The zero-order chi connectivity index (χ0) is 14.7. The molecule has 3 atom stereocenters. The maximum atomic E-state index is 5.18. The largest absolute Gasteiger partial charge is 0.383 e. The van der Waals surface area contributed by atoms with Crippen LogP contribution in [-0.4, -0.2) is 26.8 Å². The van der Waals surface area contributed by atoms with Crippen LogP contribution in [0.4, 0.5) is 0 Å². The van der Waals surface area contributed by atoms with Crippen molar-refractivity contribution in [3.8, 4) is 0 Å². The number of aryl methyl sites for hydroxylation is 1. The molecule has 3 rings (SSSR count). The van der Waals surface area contributed by atoms with Crippen LogP contribution in [0, 0.1) is 17.3 Å². The van der Waals surface area contributed by atoms with Crippen molar-refractivity contribution in [3.63, 3.8) is 0 Å². The van der Waals surface area contributed by atoms with Crippen LogP contribution in [-0.2, 0) is 17.6 Å². The lowest BCUT2D eigenvalue weighted by Gasteiger charge is -2.38. The number of fused-ring (bicyclic) bond motifs is 2. The number of rotatable bonds is 8. The van der Waals surface area contributed by atoms with E-state index in [0.717, 1.165) is 25.0 Å². The summed E-state index contributed by atoms with van der Waals surface area (Å²) in [6.07, 6.45) is 8.33. The minimum absolute atomic E-state index is 0.520. The highest BCUT2D eigenvalue weighted by atomic mass is 32.1. The third-order valence-corrected chi connectivity index (χ3v) is 6.88. The third-order valence-electron chi connectivity index (χ3n) is 5.65. The van der Waals surface area contributed by atoms with E-state index >= 15 is 0 Å². The summed E-state index contributed by atoms with van der Waals surface area (Å²) < 4.78 is 5.18. The Labute approximate surface area is 133 Å². The van der Waals surface area contributed by atoms with E-state index in [-0.39, 0.29) is 0 Å². The molecule has 0 aliphatic heterocycles. The minimum atomic E-state index is 0.520. The van der Waals surface area contributed by atoms with E-state index in [0.29, 0.717) is 5.41 Å². The summed E-state index contributed by atoms with van der Waals surface area (Å²) in [7, 11) is 1.78. The highest BCUT2D eigenvalue weighted by Gasteiger charge is 2.50. The predicted octanol–water partition coefficient (Wildman–Crippen LogP) is 3.90. The van der Waals surface area contributed by atoms with Gasteiger partial charge in [-0.15, -0.1) is 11.3 Å². The summed E-state index contributed by atoms with van der Waals surface area (Å²) in [6.45, 7) is 5.25. The number of nitrogens with one attached hydrogen (secondary N) is 1. The van der Waals surface area contributed by atoms with Crippen molar-refractivity contribution in [1.82, 2.24) is 5.32 Å². The zero-order valence-corrected chi connectivity index (χ0v) is 14.3. The van der Waals surface area contributed by atoms with E-state index in [4.69, 9.17) is 4.74 Å². The van der Waals surface area contributed by atoms with Crippen molar-refractivity contribution in [2.24, 2.45) is 17.3 Å². The molecular formula is C18H29NOS. The van der Waals surface area contributed by atoms with Crippen molar-refractivity contribution >= 4 is 11.3 Å². The Balaban J connectivity index is 1.67. The fourth-order valence-corrected chi connectivity index (χ4v) is 5.73. The van der Waals surface area contributed by atoms with Gasteiger partial charge in [0.05, 0.1) is 6.61 Å². The molecule has 2 bridgehead atoms. The number of hydrogen-bond donors (Lipinski definition) is 1. The lowest BCUT2D eigenvalue weighted by atomic mass is 9.70. The Morgan fingerprint density at radius 2 is 2.19 bits per heavy atom. The Morgan fingerprint density at radius 1 is 1.33 bits per heavy atom. The number of thiophene rings is 1. The lowest BCUT2D eigenvalue weighted by Crippen LogP contribution is -2.41. The zero-order valence-electron chi connectivity index (χ0n) is 13.5. The molecule has 3 unspecified atom stereocenters. The van der Waals surface area contributed by atoms with Crippen LogP contribution in [0.15, 0.2) is 12.1 Å². The first-order valence-electron chi connectivity index (χ1n) is 8.53. The van der Waals surface area contributed by atoms with E-state index in [2.05, 4.69) is 24.4 Å². The fourth-order valence-electron chi connectivity index (χ4n) is 4.62. The molecule has 0 amide bonds. The number of ether oxygens (including phenoxy) is 1. The van der Waals surface area contributed by atoms with Crippen LogP contribution in [0.3, 0.4) is 0 Å². The summed E-state index contributed by atoms with van der Waals surface area (Å²) in [5, 5.41) is 3.67. The van der Waals surface area contributed by atoms with E-state index in [1.165, 1.54) is 49.9 Å². The van der Waals surface area contributed by atoms with Crippen LogP contribution in [0.1, 0.15) is 42.4 Å². The van der Waals surface area contributed by atoms with Gasteiger partial charge in [-0.2, -0.15) is 0 Å². The van der Waals surface area contributed by atoms with Crippen molar-refractivity contribution in [2.75, 3.05) is 26.8 Å². The first-order chi connectivity index (χ1) is 10.3. The fraction of sp³-hybridized carbons (Fsp3) is 0.778. The topological polar surface area (TPSA) is 21.3 Å². The average Bonchev–Trinajstić information content (AvgIpc) is 3.19. The Morgan fingerprint density at radius 3 is 2.81 bits per heavy atom. The molecule has 1 heterocycles. The highest BCUT2D eigenvalue weighted by molar-refractivity contribution is 7.11. The molecular weight excluding hydrogens is 278 g/mol. The van der Waals surface area contributed by atoms with Gasteiger partial charge >= 0.3 is 0 Å². The van der Waals surface area contributed by atoms with Gasteiger partial charge in [-0.05, 0) is 61.5 Å². The Bertz CT molecular complexity index is 458. The molecule has 1 N–H and O–H groups in total. The van der Waals surface area contributed by atoms with Crippen molar-refractivity contribution in [2.45, 2.75) is 45.4 Å². The number of hydrogen-bond acceptors (Lipinski definition) is 3. The maximum Gasteiger partial charge on any atom is 0.0587 e. The quantitative estimate of drug-likeness (QED) is 0.736. The molecule has 2 aliphatic rings. The number of methoxy groups -OCH3 is 1. The average molecular weight is 308 g/mol. The van der Waals surface area contributed by atoms with Crippen LogP contribution in [0.25, 0.3) is 0 Å². The van der Waals surface area contributed by atoms with Crippen LogP contribution in [0.2, 0.25) is 0 Å². The second-order valence-electron chi connectivity index (χ2n) is 7.01. The van der Waals surface area contributed by atoms with Gasteiger partial charge < -0.3 is 10.1 Å². The molecule has 1 aromatic rings. The van der Waals surface area contributed by atoms with Gasteiger partial charge in [0.1, 0.15) is 0 Å².